The lowest BCUT2D eigenvalue weighted by atomic mass is 10.1. The quantitative estimate of drug-likeness (QED) is 0.710. The van der Waals surface area contributed by atoms with E-state index in [4.69, 9.17) is 16.3 Å². The third kappa shape index (κ3) is 3.52. The van der Waals surface area contributed by atoms with E-state index in [-0.39, 0.29) is 11.7 Å². The Morgan fingerprint density at radius 2 is 2.17 bits per heavy atom. The van der Waals surface area contributed by atoms with Crippen LogP contribution in [0.25, 0.3) is 11.3 Å². The third-order valence-corrected chi connectivity index (χ3v) is 4.95. The predicted molar refractivity (Wildman–Crippen MR) is 91.3 cm³/mol. The molecule has 0 unspecified atom stereocenters. The van der Waals surface area contributed by atoms with E-state index >= 15 is 0 Å². The lowest BCUT2D eigenvalue weighted by Gasteiger charge is -2.05. The number of ether oxygens (including phenoxy) is 1. The molecule has 3 rings (SSSR count). The monoisotopic (exact) mass is 368 g/mol. The van der Waals surface area contributed by atoms with E-state index in [0.29, 0.717) is 31.4 Å². The molecule has 1 amide bonds. The first-order valence-corrected chi connectivity index (χ1v) is 8.50. The molecule has 2 heterocycles. The van der Waals surface area contributed by atoms with Gasteiger partial charge in [0.05, 0.1) is 22.0 Å². The highest BCUT2D eigenvalue weighted by Gasteiger charge is 2.14. The van der Waals surface area contributed by atoms with Gasteiger partial charge in [0.15, 0.2) is 5.13 Å². The standard InChI is InChI=1S/C15H10ClFN2O2S2/c1-21-11-3-2-8(17)6-9(11)10-7-22-15(18-10)19-14(20)12-4-5-13(16)23-12/h2-7H,1H3,(H,18,19,20). The zero-order valence-corrected chi connectivity index (χ0v) is 14.2. The normalized spacial score (nSPS) is 10.6. The van der Waals surface area contributed by atoms with Crippen LogP contribution in [0.4, 0.5) is 9.52 Å². The zero-order chi connectivity index (χ0) is 16.4. The van der Waals surface area contributed by atoms with E-state index in [2.05, 4.69) is 10.3 Å². The molecular formula is C15H10ClFN2O2S2. The van der Waals surface area contributed by atoms with Gasteiger partial charge < -0.3 is 4.74 Å². The number of benzene rings is 1. The van der Waals surface area contributed by atoms with Gasteiger partial charge in [0.25, 0.3) is 5.91 Å². The van der Waals surface area contributed by atoms with E-state index < -0.39 is 0 Å². The van der Waals surface area contributed by atoms with Crippen LogP contribution in [-0.4, -0.2) is 18.0 Å². The van der Waals surface area contributed by atoms with Crippen LogP contribution >= 0.6 is 34.3 Å². The Balaban J connectivity index is 1.83. The molecule has 0 aliphatic heterocycles. The number of nitrogens with one attached hydrogen (secondary N) is 1. The number of nitrogens with zero attached hydrogens (tertiary/aromatic N) is 1. The largest absolute Gasteiger partial charge is 0.496 e. The Bertz CT molecular complexity index is 863. The second-order valence-corrected chi connectivity index (χ2v) is 7.01. The maximum absolute atomic E-state index is 13.4. The summed E-state index contributed by atoms with van der Waals surface area (Å²) in [5.41, 5.74) is 1.06. The third-order valence-electron chi connectivity index (χ3n) is 2.96. The number of methoxy groups -OCH3 is 1. The van der Waals surface area contributed by atoms with Crippen LogP contribution in [-0.2, 0) is 0 Å². The van der Waals surface area contributed by atoms with Crippen molar-refractivity contribution in [3.63, 3.8) is 0 Å². The number of anilines is 1. The second-order valence-electron chi connectivity index (χ2n) is 4.44. The molecule has 0 radical (unpaired) electrons. The predicted octanol–water partition coefficient (Wildman–Crippen LogP) is 4.93. The minimum absolute atomic E-state index is 0.283. The summed E-state index contributed by atoms with van der Waals surface area (Å²) in [7, 11) is 1.51. The average Bonchev–Trinajstić information content (AvgIpc) is 3.16. The highest BCUT2D eigenvalue weighted by atomic mass is 35.5. The molecule has 8 heteroatoms. The molecule has 0 aliphatic rings. The summed E-state index contributed by atoms with van der Waals surface area (Å²) in [4.78, 5) is 16.9. The van der Waals surface area contributed by atoms with Crippen molar-refractivity contribution in [3.05, 3.63) is 50.7 Å². The minimum Gasteiger partial charge on any atom is -0.496 e. The summed E-state index contributed by atoms with van der Waals surface area (Å²) in [6, 6.07) is 7.50. The summed E-state index contributed by atoms with van der Waals surface area (Å²) in [5, 5.41) is 4.85. The smallest absolute Gasteiger partial charge is 0.267 e. The number of thiazole rings is 1. The summed E-state index contributed by atoms with van der Waals surface area (Å²) < 4.78 is 19.2. The minimum atomic E-state index is -0.382. The molecule has 0 fully saturated rings. The van der Waals surface area contributed by atoms with E-state index in [0.717, 1.165) is 0 Å². The van der Waals surface area contributed by atoms with Gasteiger partial charge in [0, 0.05) is 10.9 Å². The molecule has 0 saturated carbocycles. The summed E-state index contributed by atoms with van der Waals surface area (Å²) in [6.07, 6.45) is 0. The number of rotatable bonds is 4. The molecule has 1 aromatic carbocycles. The molecule has 0 aliphatic carbocycles. The van der Waals surface area contributed by atoms with Gasteiger partial charge >= 0.3 is 0 Å². The number of hydrogen-bond acceptors (Lipinski definition) is 5. The zero-order valence-electron chi connectivity index (χ0n) is 11.8. The van der Waals surface area contributed by atoms with Crippen LogP contribution in [0.1, 0.15) is 9.67 Å². The molecule has 0 spiro atoms. The number of halogens is 2. The molecule has 0 atom stereocenters. The molecule has 1 N–H and O–H groups in total. The van der Waals surface area contributed by atoms with Crippen LogP contribution in [0.3, 0.4) is 0 Å². The number of amides is 1. The van der Waals surface area contributed by atoms with Gasteiger partial charge in [-0.2, -0.15) is 0 Å². The first-order valence-electron chi connectivity index (χ1n) is 6.43. The maximum Gasteiger partial charge on any atom is 0.267 e. The van der Waals surface area contributed by atoms with Crippen molar-refractivity contribution in [3.8, 4) is 17.0 Å². The number of carbonyl (C=O) groups is 1. The Kier molecular flexibility index (Phi) is 4.61. The van der Waals surface area contributed by atoms with Gasteiger partial charge in [0.2, 0.25) is 0 Å². The van der Waals surface area contributed by atoms with Crippen LogP contribution < -0.4 is 10.1 Å². The number of aromatic nitrogens is 1. The molecule has 0 bridgehead atoms. The Hall–Kier alpha value is -1.96. The second kappa shape index (κ2) is 6.66. The van der Waals surface area contributed by atoms with Crippen LogP contribution in [0.5, 0.6) is 5.75 Å². The molecule has 2 aromatic heterocycles. The van der Waals surface area contributed by atoms with Gasteiger partial charge in [-0.05, 0) is 30.3 Å². The van der Waals surface area contributed by atoms with E-state index in [1.54, 1.807) is 17.5 Å². The van der Waals surface area contributed by atoms with Gasteiger partial charge in [-0.15, -0.1) is 22.7 Å². The van der Waals surface area contributed by atoms with Crippen molar-refractivity contribution >= 4 is 45.3 Å². The van der Waals surface area contributed by atoms with Crippen molar-refractivity contribution in [2.75, 3.05) is 12.4 Å². The first-order chi connectivity index (χ1) is 11.1. The van der Waals surface area contributed by atoms with Crippen molar-refractivity contribution < 1.29 is 13.9 Å². The Morgan fingerprint density at radius 3 is 2.87 bits per heavy atom. The molecule has 118 valence electrons. The fraction of sp³-hybridized carbons (Fsp3) is 0.0667. The highest BCUT2D eigenvalue weighted by Crippen LogP contribution is 2.33. The van der Waals surface area contributed by atoms with Crippen molar-refractivity contribution in [1.29, 1.82) is 0 Å². The number of carbonyl (C=O) groups excluding carboxylic acids is 1. The van der Waals surface area contributed by atoms with Crippen LogP contribution in [0, 0.1) is 5.82 Å². The highest BCUT2D eigenvalue weighted by molar-refractivity contribution is 7.18. The number of hydrogen-bond donors (Lipinski definition) is 1. The molecule has 3 aromatic rings. The van der Waals surface area contributed by atoms with E-state index in [9.17, 15) is 9.18 Å². The van der Waals surface area contributed by atoms with Crippen LogP contribution in [0.2, 0.25) is 4.34 Å². The molecule has 23 heavy (non-hydrogen) atoms. The average molecular weight is 369 g/mol. The fourth-order valence-electron chi connectivity index (χ4n) is 1.93. The maximum atomic E-state index is 13.4. The Morgan fingerprint density at radius 1 is 1.35 bits per heavy atom. The molecular weight excluding hydrogens is 359 g/mol. The van der Waals surface area contributed by atoms with Gasteiger partial charge in [-0.25, -0.2) is 9.37 Å². The molecule has 0 saturated heterocycles. The molecule has 4 nitrogen and oxygen atoms in total. The van der Waals surface area contributed by atoms with Gasteiger partial charge in [-0.1, -0.05) is 11.6 Å². The van der Waals surface area contributed by atoms with Gasteiger partial charge in [0.1, 0.15) is 11.6 Å². The van der Waals surface area contributed by atoms with E-state index in [1.165, 1.54) is 48.0 Å². The van der Waals surface area contributed by atoms with E-state index in [1.807, 2.05) is 0 Å². The SMILES string of the molecule is COc1ccc(F)cc1-c1csc(NC(=O)c2ccc(Cl)s2)n1. The Labute approximate surface area is 144 Å². The van der Waals surface area contributed by atoms with Crippen molar-refractivity contribution in [2.24, 2.45) is 0 Å². The van der Waals surface area contributed by atoms with Crippen LogP contribution in [0.15, 0.2) is 35.7 Å². The summed E-state index contributed by atoms with van der Waals surface area (Å²) in [6.45, 7) is 0. The topological polar surface area (TPSA) is 51.2 Å². The summed E-state index contributed by atoms with van der Waals surface area (Å²) >= 11 is 8.25. The first kappa shape index (κ1) is 15.9. The van der Waals surface area contributed by atoms with Crippen molar-refractivity contribution in [1.82, 2.24) is 4.98 Å². The number of thiophene rings is 1. The fourth-order valence-corrected chi connectivity index (χ4v) is 3.57. The van der Waals surface area contributed by atoms with Crippen molar-refractivity contribution in [2.45, 2.75) is 0 Å². The summed E-state index contributed by atoms with van der Waals surface area (Å²) in [5.74, 6) is -0.152. The van der Waals surface area contributed by atoms with Gasteiger partial charge in [-0.3, -0.25) is 10.1 Å². The lowest BCUT2D eigenvalue weighted by molar-refractivity contribution is 0.103. The lowest BCUT2D eigenvalue weighted by Crippen LogP contribution is -2.09.